The molecule has 0 saturated heterocycles. The number of nitrogen functional groups attached to an aromatic ring is 1. The van der Waals surface area contributed by atoms with E-state index in [4.69, 9.17) is 10.5 Å². The highest BCUT2D eigenvalue weighted by molar-refractivity contribution is 7.89. The van der Waals surface area contributed by atoms with Crippen LogP contribution in [0.2, 0.25) is 0 Å². The molecular formula is C12H17N3O3S. The Morgan fingerprint density at radius 1 is 1.42 bits per heavy atom. The largest absolute Gasteiger partial charge is 0.399 e. The number of anilines is 1. The number of fused-ring (bicyclic) bond motifs is 1. The van der Waals surface area contributed by atoms with Crippen LogP contribution in [-0.2, 0) is 14.8 Å². The van der Waals surface area contributed by atoms with Crippen LogP contribution in [0.4, 0.5) is 5.69 Å². The fourth-order valence-corrected chi connectivity index (χ4v) is 2.99. The molecule has 6 nitrogen and oxygen atoms in total. The van der Waals surface area contributed by atoms with E-state index >= 15 is 0 Å². The Kier molecular flexibility index (Phi) is 4.08. The second kappa shape index (κ2) is 5.60. The molecule has 0 atom stereocenters. The van der Waals surface area contributed by atoms with Crippen molar-refractivity contribution in [2.45, 2.75) is 11.8 Å². The Morgan fingerprint density at radius 2 is 2.21 bits per heavy atom. The van der Waals surface area contributed by atoms with Crippen LogP contribution in [0.1, 0.15) is 6.92 Å². The van der Waals surface area contributed by atoms with Crippen molar-refractivity contribution in [3.8, 4) is 0 Å². The summed E-state index contributed by atoms with van der Waals surface area (Å²) in [6, 6.07) is 5.12. The fourth-order valence-electron chi connectivity index (χ4n) is 1.81. The Balaban J connectivity index is 2.25. The highest BCUT2D eigenvalue weighted by atomic mass is 32.2. The first kappa shape index (κ1) is 13.9. The van der Waals surface area contributed by atoms with Gasteiger partial charge in [-0.2, -0.15) is 0 Å². The molecule has 19 heavy (non-hydrogen) atoms. The third-order valence-electron chi connectivity index (χ3n) is 2.70. The summed E-state index contributed by atoms with van der Waals surface area (Å²) >= 11 is 0. The Labute approximate surface area is 112 Å². The van der Waals surface area contributed by atoms with Gasteiger partial charge in [0.15, 0.2) is 0 Å². The number of nitrogens with one attached hydrogen (secondary N) is 2. The predicted octanol–water partition coefficient (Wildman–Crippen LogP) is 1.06. The molecule has 0 radical (unpaired) electrons. The van der Waals surface area contributed by atoms with Gasteiger partial charge in [-0.25, -0.2) is 13.1 Å². The summed E-state index contributed by atoms with van der Waals surface area (Å²) in [5.74, 6) is 0. The number of ether oxygens (including phenoxy) is 1. The van der Waals surface area contributed by atoms with Crippen LogP contribution in [0.5, 0.6) is 0 Å². The third-order valence-corrected chi connectivity index (χ3v) is 4.20. The monoisotopic (exact) mass is 283 g/mol. The standard InChI is InChI=1S/C12H17N3O3S/c1-2-18-6-5-15-19(16,17)12-8-14-11-4-3-9(13)7-10(11)12/h3-4,7-8,14-15H,2,5-6,13H2,1H3. The van der Waals surface area contributed by atoms with E-state index in [9.17, 15) is 8.42 Å². The minimum absolute atomic E-state index is 0.200. The predicted molar refractivity (Wildman–Crippen MR) is 74.4 cm³/mol. The van der Waals surface area contributed by atoms with E-state index in [0.29, 0.717) is 24.3 Å². The van der Waals surface area contributed by atoms with Crippen LogP contribution in [0, 0.1) is 0 Å². The molecule has 0 amide bonds. The Morgan fingerprint density at radius 3 is 2.95 bits per heavy atom. The molecular weight excluding hydrogens is 266 g/mol. The topological polar surface area (TPSA) is 97.2 Å². The van der Waals surface area contributed by atoms with Gasteiger partial charge in [-0.3, -0.25) is 0 Å². The maximum Gasteiger partial charge on any atom is 0.242 e. The van der Waals surface area contributed by atoms with Gasteiger partial charge in [-0.15, -0.1) is 0 Å². The van der Waals surface area contributed by atoms with Gasteiger partial charge in [0.1, 0.15) is 4.90 Å². The van der Waals surface area contributed by atoms with E-state index in [1.807, 2.05) is 6.92 Å². The van der Waals surface area contributed by atoms with Crippen LogP contribution in [0.3, 0.4) is 0 Å². The molecule has 2 rings (SSSR count). The van der Waals surface area contributed by atoms with Crippen LogP contribution in [0.15, 0.2) is 29.3 Å². The molecule has 7 heteroatoms. The average molecular weight is 283 g/mol. The molecule has 1 aromatic heterocycles. The first-order valence-electron chi connectivity index (χ1n) is 5.98. The maximum absolute atomic E-state index is 12.2. The summed E-state index contributed by atoms with van der Waals surface area (Å²) in [5, 5.41) is 0.587. The first-order valence-corrected chi connectivity index (χ1v) is 7.47. The van der Waals surface area contributed by atoms with E-state index in [1.165, 1.54) is 6.20 Å². The van der Waals surface area contributed by atoms with Crippen molar-refractivity contribution in [3.63, 3.8) is 0 Å². The van der Waals surface area contributed by atoms with Gasteiger partial charge in [0.2, 0.25) is 10.0 Å². The Hall–Kier alpha value is -1.57. The Bertz CT molecular complexity index is 664. The number of hydrogen-bond donors (Lipinski definition) is 3. The molecule has 0 bridgehead atoms. The zero-order valence-corrected chi connectivity index (χ0v) is 11.5. The first-order chi connectivity index (χ1) is 9.04. The number of rotatable bonds is 6. The number of benzene rings is 1. The second-order valence-corrected chi connectivity index (χ2v) is 5.79. The number of aromatic amines is 1. The van der Waals surface area contributed by atoms with Crippen LogP contribution in [-0.4, -0.2) is 33.2 Å². The zero-order chi connectivity index (χ0) is 13.9. The van der Waals surface area contributed by atoms with Gasteiger partial charge in [-0.1, -0.05) is 0 Å². The smallest absolute Gasteiger partial charge is 0.242 e. The number of hydrogen-bond acceptors (Lipinski definition) is 4. The molecule has 0 aliphatic heterocycles. The molecule has 0 unspecified atom stereocenters. The molecule has 0 saturated carbocycles. The molecule has 0 aliphatic carbocycles. The summed E-state index contributed by atoms with van der Waals surface area (Å²) in [6.45, 7) is 3.01. The van der Waals surface area contributed by atoms with E-state index in [0.717, 1.165) is 5.52 Å². The SMILES string of the molecule is CCOCCNS(=O)(=O)c1c[nH]c2ccc(N)cc12. The van der Waals surface area contributed by atoms with E-state index in [2.05, 4.69) is 9.71 Å². The molecule has 2 aromatic rings. The van der Waals surface area contributed by atoms with Crippen LogP contribution >= 0.6 is 0 Å². The minimum Gasteiger partial charge on any atom is -0.399 e. The van der Waals surface area contributed by atoms with E-state index in [1.54, 1.807) is 18.2 Å². The average Bonchev–Trinajstić information content (AvgIpc) is 2.78. The summed E-state index contributed by atoms with van der Waals surface area (Å²) in [6.07, 6.45) is 1.47. The normalized spacial score (nSPS) is 12.1. The molecule has 104 valence electrons. The van der Waals surface area contributed by atoms with Crippen LogP contribution in [0.25, 0.3) is 10.9 Å². The van der Waals surface area contributed by atoms with Crippen LogP contribution < -0.4 is 10.5 Å². The van der Waals surface area contributed by atoms with Crippen molar-refractivity contribution in [2.75, 3.05) is 25.5 Å². The summed E-state index contributed by atoms with van der Waals surface area (Å²) in [7, 11) is -3.56. The van der Waals surface area contributed by atoms with Gasteiger partial charge in [-0.05, 0) is 25.1 Å². The van der Waals surface area contributed by atoms with Gasteiger partial charge in [0, 0.05) is 35.9 Å². The lowest BCUT2D eigenvalue weighted by atomic mass is 10.2. The molecule has 1 heterocycles. The van der Waals surface area contributed by atoms with Gasteiger partial charge >= 0.3 is 0 Å². The lowest BCUT2D eigenvalue weighted by Gasteiger charge is -2.06. The molecule has 1 aromatic carbocycles. The number of sulfonamides is 1. The molecule has 0 fully saturated rings. The number of H-pyrrole nitrogens is 1. The fraction of sp³-hybridized carbons (Fsp3) is 0.333. The number of nitrogens with two attached hydrogens (primary N) is 1. The summed E-state index contributed by atoms with van der Waals surface area (Å²) in [4.78, 5) is 3.12. The quantitative estimate of drug-likeness (QED) is 0.545. The maximum atomic E-state index is 12.2. The molecule has 0 spiro atoms. The lowest BCUT2D eigenvalue weighted by molar-refractivity contribution is 0.153. The molecule has 4 N–H and O–H groups in total. The summed E-state index contributed by atoms with van der Waals surface area (Å²) in [5.41, 5.74) is 6.95. The van der Waals surface area contributed by atoms with Crippen molar-refractivity contribution in [2.24, 2.45) is 0 Å². The second-order valence-electron chi connectivity index (χ2n) is 4.05. The van der Waals surface area contributed by atoms with Gasteiger partial charge in [0.25, 0.3) is 0 Å². The number of aromatic nitrogens is 1. The van der Waals surface area contributed by atoms with Crippen molar-refractivity contribution < 1.29 is 13.2 Å². The molecule has 0 aliphatic rings. The van der Waals surface area contributed by atoms with E-state index < -0.39 is 10.0 Å². The van der Waals surface area contributed by atoms with Gasteiger partial charge < -0.3 is 15.5 Å². The van der Waals surface area contributed by atoms with Crippen molar-refractivity contribution in [1.82, 2.24) is 9.71 Å². The van der Waals surface area contributed by atoms with Gasteiger partial charge in [0.05, 0.1) is 6.61 Å². The minimum atomic E-state index is -3.56. The summed E-state index contributed by atoms with van der Waals surface area (Å²) < 4.78 is 31.9. The van der Waals surface area contributed by atoms with Crippen molar-refractivity contribution >= 4 is 26.6 Å². The lowest BCUT2D eigenvalue weighted by Crippen LogP contribution is -2.27. The highest BCUT2D eigenvalue weighted by Crippen LogP contribution is 2.24. The third kappa shape index (κ3) is 3.06. The van der Waals surface area contributed by atoms with Crippen molar-refractivity contribution in [3.05, 3.63) is 24.4 Å². The van der Waals surface area contributed by atoms with Crippen molar-refractivity contribution in [1.29, 1.82) is 0 Å². The zero-order valence-electron chi connectivity index (χ0n) is 10.6. The van der Waals surface area contributed by atoms with E-state index in [-0.39, 0.29) is 11.4 Å². The highest BCUT2D eigenvalue weighted by Gasteiger charge is 2.18.